The summed E-state index contributed by atoms with van der Waals surface area (Å²) in [5, 5.41) is 1.08. The summed E-state index contributed by atoms with van der Waals surface area (Å²) in [7, 11) is 0. The summed E-state index contributed by atoms with van der Waals surface area (Å²) < 4.78 is 5.51. The van der Waals surface area contributed by atoms with Crippen molar-refractivity contribution in [2.75, 3.05) is 12.4 Å². The Bertz CT molecular complexity index is 313. The third kappa shape index (κ3) is 2.59. The molecule has 0 N–H and O–H groups in total. The molecule has 0 saturated carbocycles. The number of para-hydroxylation sites is 1. The molecule has 3 heteroatoms. The number of ether oxygens (including phenoxy) is 1. The predicted octanol–water partition coefficient (Wildman–Crippen LogP) is 2.87. The van der Waals surface area contributed by atoms with Crippen LogP contribution in [0.4, 0.5) is 5.69 Å². The van der Waals surface area contributed by atoms with E-state index in [1.165, 1.54) is 0 Å². The van der Waals surface area contributed by atoms with E-state index in [1.807, 2.05) is 30.3 Å². The van der Waals surface area contributed by atoms with Gasteiger partial charge < -0.3 is 4.74 Å². The summed E-state index contributed by atoms with van der Waals surface area (Å²) >= 11 is 1.79. The summed E-state index contributed by atoms with van der Waals surface area (Å²) in [4.78, 5) is 4.51. The fourth-order valence-electron chi connectivity index (χ4n) is 1.23. The van der Waals surface area contributed by atoms with E-state index in [0.717, 1.165) is 16.5 Å². The monoisotopic (exact) mass is 207 g/mol. The van der Waals surface area contributed by atoms with Crippen molar-refractivity contribution < 1.29 is 4.74 Å². The second-order valence-electron chi connectivity index (χ2n) is 3.27. The highest BCUT2D eigenvalue weighted by molar-refractivity contribution is 8.14. The third-order valence-electron chi connectivity index (χ3n) is 1.99. The molecule has 0 bridgehead atoms. The van der Waals surface area contributed by atoms with Crippen molar-refractivity contribution in [2.45, 2.75) is 13.0 Å². The third-order valence-corrected chi connectivity index (χ3v) is 3.16. The van der Waals surface area contributed by atoms with Crippen LogP contribution < -0.4 is 0 Å². The first-order chi connectivity index (χ1) is 6.84. The second kappa shape index (κ2) is 4.62. The topological polar surface area (TPSA) is 21.6 Å². The smallest absolute Gasteiger partial charge is 0.0997 e. The van der Waals surface area contributed by atoms with Gasteiger partial charge in [0.2, 0.25) is 0 Å². The Kier molecular flexibility index (Phi) is 3.22. The van der Waals surface area contributed by atoms with Crippen molar-refractivity contribution in [3.63, 3.8) is 0 Å². The highest BCUT2D eigenvalue weighted by Crippen LogP contribution is 2.20. The van der Waals surface area contributed by atoms with Gasteiger partial charge in [-0.2, -0.15) is 0 Å². The van der Waals surface area contributed by atoms with Gasteiger partial charge in [0, 0.05) is 5.75 Å². The van der Waals surface area contributed by atoms with Crippen LogP contribution in [0.15, 0.2) is 35.3 Å². The van der Waals surface area contributed by atoms with Crippen LogP contribution in [0.25, 0.3) is 0 Å². The molecule has 0 aliphatic carbocycles. The number of hydrogen-bond acceptors (Lipinski definition) is 3. The summed E-state index contributed by atoms with van der Waals surface area (Å²) in [6.07, 6.45) is 0.356. The molecule has 0 spiro atoms. The lowest BCUT2D eigenvalue weighted by atomic mass is 10.3. The molecule has 1 aromatic rings. The van der Waals surface area contributed by atoms with Crippen molar-refractivity contribution in [1.29, 1.82) is 0 Å². The van der Waals surface area contributed by atoms with Gasteiger partial charge in [0.25, 0.3) is 0 Å². The minimum Gasteiger partial charge on any atom is -0.371 e. The van der Waals surface area contributed by atoms with Crippen LogP contribution >= 0.6 is 11.8 Å². The molecule has 14 heavy (non-hydrogen) atoms. The van der Waals surface area contributed by atoms with Crippen LogP contribution in [0.1, 0.15) is 6.92 Å². The molecule has 1 unspecified atom stereocenters. The first-order valence-corrected chi connectivity index (χ1v) is 5.70. The van der Waals surface area contributed by atoms with Gasteiger partial charge in [-0.15, -0.1) is 11.8 Å². The van der Waals surface area contributed by atoms with E-state index in [-0.39, 0.29) is 0 Å². The van der Waals surface area contributed by atoms with E-state index in [9.17, 15) is 0 Å². The lowest BCUT2D eigenvalue weighted by molar-refractivity contribution is 0.112. The average Bonchev–Trinajstić information content (AvgIpc) is 2.23. The minimum absolute atomic E-state index is 0.356. The maximum atomic E-state index is 5.51. The minimum atomic E-state index is 0.356. The van der Waals surface area contributed by atoms with E-state index in [0.29, 0.717) is 12.7 Å². The zero-order valence-electron chi connectivity index (χ0n) is 8.14. The van der Waals surface area contributed by atoms with Crippen molar-refractivity contribution in [3.05, 3.63) is 30.3 Å². The maximum absolute atomic E-state index is 5.51. The maximum Gasteiger partial charge on any atom is 0.0997 e. The van der Waals surface area contributed by atoms with E-state index in [2.05, 4.69) is 11.9 Å². The number of aliphatic imine (C=N–C) groups is 1. The van der Waals surface area contributed by atoms with Crippen LogP contribution in [0.5, 0.6) is 0 Å². The molecule has 1 fully saturated rings. The van der Waals surface area contributed by atoms with Gasteiger partial charge in [0.15, 0.2) is 0 Å². The van der Waals surface area contributed by atoms with E-state index in [4.69, 9.17) is 4.74 Å². The molecule has 1 aliphatic rings. The number of thioether (sulfide) groups is 1. The largest absolute Gasteiger partial charge is 0.371 e. The van der Waals surface area contributed by atoms with Gasteiger partial charge in [0.05, 0.1) is 23.4 Å². The Balaban J connectivity index is 2.05. The highest BCUT2D eigenvalue weighted by Gasteiger charge is 2.13. The van der Waals surface area contributed by atoms with E-state index in [1.54, 1.807) is 11.8 Å². The molecule has 1 aromatic carbocycles. The Morgan fingerprint density at radius 1 is 1.36 bits per heavy atom. The number of benzene rings is 1. The predicted molar refractivity (Wildman–Crippen MR) is 61.4 cm³/mol. The quantitative estimate of drug-likeness (QED) is 0.706. The van der Waals surface area contributed by atoms with Crippen molar-refractivity contribution in [3.8, 4) is 0 Å². The Hall–Kier alpha value is -0.800. The van der Waals surface area contributed by atoms with Crippen LogP contribution in [-0.2, 0) is 4.74 Å². The van der Waals surface area contributed by atoms with Crippen molar-refractivity contribution in [2.24, 2.45) is 4.99 Å². The fourth-order valence-corrected chi connectivity index (χ4v) is 2.07. The van der Waals surface area contributed by atoms with Crippen molar-refractivity contribution >= 4 is 22.5 Å². The zero-order chi connectivity index (χ0) is 9.80. The van der Waals surface area contributed by atoms with Crippen LogP contribution in [0.3, 0.4) is 0 Å². The molecule has 74 valence electrons. The molecule has 1 atom stereocenters. The van der Waals surface area contributed by atoms with E-state index < -0.39 is 0 Å². The van der Waals surface area contributed by atoms with Crippen LogP contribution in [0, 0.1) is 0 Å². The van der Waals surface area contributed by atoms with Crippen LogP contribution in [0.2, 0.25) is 0 Å². The standard InChI is InChI=1S/C11H13NOS/c1-9-8-14-11(7-13-9)12-10-5-3-2-4-6-10/h2-6,9H,7-8H2,1H3. The summed E-state index contributed by atoms with van der Waals surface area (Å²) in [5.74, 6) is 1.01. The molecule has 1 saturated heterocycles. The van der Waals surface area contributed by atoms with Gasteiger partial charge in [-0.05, 0) is 19.1 Å². The Morgan fingerprint density at radius 2 is 2.14 bits per heavy atom. The number of nitrogens with zero attached hydrogens (tertiary/aromatic N) is 1. The second-order valence-corrected chi connectivity index (χ2v) is 4.37. The Morgan fingerprint density at radius 3 is 2.79 bits per heavy atom. The molecular formula is C11H13NOS. The molecular weight excluding hydrogens is 194 g/mol. The first kappa shape index (κ1) is 9.74. The lowest BCUT2D eigenvalue weighted by Gasteiger charge is -2.19. The average molecular weight is 207 g/mol. The van der Waals surface area contributed by atoms with Gasteiger partial charge in [-0.1, -0.05) is 18.2 Å². The molecule has 0 amide bonds. The highest BCUT2D eigenvalue weighted by atomic mass is 32.2. The first-order valence-electron chi connectivity index (χ1n) is 4.71. The number of hydrogen-bond donors (Lipinski definition) is 0. The summed E-state index contributed by atoms with van der Waals surface area (Å²) in [6.45, 7) is 2.74. The van der Waals surface area contributed by atoms with E-state index >= 15 is 0 Å². The zero-order valence-corrected chi connectivity index (χ0v) is 8.96. The molecule has 0 radical (unpaired) electrons. The van der Waals surface area contributed by atoms with Crippen LogP contribution in [-0.4, -0.2) is 23.5 Å². The molecule has 2 rings (SSSR count). The Labute approximate surface area is 88.4 Å². The molecule has 2 nitrogen and oxygen atoms in total. The normalized spacial score (nSPS) is 25.2. The number of rotatable bonds is 1. The summed E-state index contributed by atoms with van der Waals surface area (Å²) in [5.41, 5.74) is 1.01. The van der Waals surface area contributed by atoms with Gasteiger partial charge >= 0.3 is 0 Å². The molecule has 1 aliphatic heterocycles. The molecule has 1 heterocycles. The van der Waals surface area contributed by atoms with Gasteiger partial charge in [-0.25, -0.2) is 4.99 Å². The lowest BCUT2D eigenvalue weighted by Crippen LogP contribution is -2.23. The fraction of sp³-hybridized carbons (Fsp3) is 0.364. The molecule has 0 aromatic heterocycles. The van der Waals surface area contributed by atoms with Gasteiger partial charge in [0.1, 0.15) is 0 Å². The summed E-state index contributed by atoms with van der Waals surface area (Å²) in [6, 6.07) is 10.0. The van der Waals surface area contributed by atoms with Crippen molar-refractivity contribution in [1.82, 2.24) is 0 Å². The SMILES string of the molecule is CC1CSC(=Nc2ccccc2)CO1. The van der Waals surface area contributed by atoms with Gasteiger partial charge in [-0.3, -0.25) is 0 Å².